The lowest BCUT2D eigenvalue weighted by molar-refractivity contribution is 0.583. The maximum atomic E-state index is 13.9. The highest BCUT2D eigenvalue weighted by atomic mass is 32.2. The predicted molar refractivity (Wildman–Crippen MR) is 94.0 cm³/mol. The molecule has 1 atom stereocenters. The molecule has 1 aliphatic rings. The molecule has 0 aliphatic carbocycles. The van der Waals surface area contributed by atoms with Crippen LogP contribution in [0.4, 0.5) is 4.39 Å². The monoisotopic (exact) mass is 334 g/mol. The van der Waals surface area contributed by atoms with E-state index < -0.39 is 0 Å². The Hall–Kier alpha value is -1.74. The van der Waals surface area contributed by atoms with Gasteiger partial charge in [-0.15, -0.1) is 0 Å². The number of nitrogens with zero attached hydrogens (tertiary/aromatic N) is 2. The summed E-state index contributed by atoms with van der Waals surface area (Å²) in [6.45, 7) is 6.12. The van der Waals surface area contributed by atoms with Crippen molar-refractivity contribution in [1.82, 2.24) is 10.6 Å². The lowest BCUT2D eigenvalue weighted by Crippen LogP contribution is -2.43. The van der Waals surface area contributed by atoms with Crippen molar-refractivity contribution >= 4 is 17.7 Å². The van der Waals surface area contributed by atoms with Crippen molar-refractivity contribution in [2.75, 3.05) is 18.8 Å². The standard InChI is InChI=1S/C17H23FN4S/c1-3-20-16(22-12-17(2)7-4-8-23-17)21-11-14-6-5-13(10-19)9-15(14)18/h5-6,9H,3-4,7-8,11-12H2,1-2H3,(H2,20,21,22). The molecule has 2 rings (SSSR count). The van der Waals surface area contributed by atoms with Crippen molar-refractivity contribution in [1.29, 1.82) is 5.26 Å². The van der Waals surface area contributed by atoms with Crippen LogP contribution < -0.4 is 10.6 Å². The molecular weight excluding hydrogens is 311 g/mol. The van der Waals surface area contributed by atoms with Gasteiger partial charge in [0.2, 0.25) is 0 Å². The van der Waals surface area contributed by atoms with Crippen LogP contribution in [-0.4, -0.2) is 29.5 Å². The minimum Gasteiger partial charge on any atom is -0.357 e. The first-order valence-electron chi connectivity index (χ1n) is 7.91. The van der Waals surface area contributed by atoms with E-state index in [4.69, 9.17) is 5.26 Å². The zero-order valence-corrected chi connectivity index (χ0v) is 14.5. The number of guanidine groups is 1. The van der Waals surface area contributed by atoms with Gasteiger partial charge in [0.15, 0.2) is 5.96 Å². The van der Waals surface area contributed by atoms with Crippen LogP contribution in [0.5, 0.6) is 0 Å². The second-order valence-electron chi connectivity index (χ2n) is 5.87. The third-order valence-corrected chi connectivity index (χ3v) is 5.40. The fraction of sp³-hybridized carbons (Fsp3) is 0.529. The van der Waals surface area contributed by atoms with Gasteiger partial charge in [0.25, 0.3) is 0 Å². The molecule has 0 aromatic heterocycles. The predicted octanol–water partition coefficient (Wildman–Crippen LogP) is 3.04. The summed E-state index contributed by atoms with van der Waals surface area (Å²) in [5.41, 5.74) is 0.814. The molecule has 4 nitrogen and oxygen atoms in total. The highest BCUT2D eigenvalue weighted by Gasteiger charge is 2.29. The SMILES string of the molecule is CCNC(=NCc1ccc(C#N)cc1F)NCC1(C)CCCS1. The van der Waals surface area contributed by atoms with E-state index in [0.717, 1.165) is 13.1 Å². The number of nitriles is 1. The van der Waals surface area contributed by atoms with Crippen molar-refractivity contribution in [2.45, 2.75) is 38.0 Å². The lowest BCUT2D eigenvalue weighted by Gasteiger charge is -2.24. The molecule has 0 bridgehead atoms. The van der Waals surface area contributed by atoms with Crippen LogP contribution in [-0.2, 0) is 6.54 Å². The van der Waals surface area contributed by atoms with E-state index in [0.29, 0.717) is 17.1 Å². The van der Waals surface area contributed by atoms with E-state index in [2.05, 4.69) is 22.5 Å². The van der Waals surface area contributed by atoms with Gasteiger partial charge in [-0.2, -0.15) is 17.0 Å². The van der Waals surface area contributed by atoms with Gasteiger partial charge in [-0.25, -0.2) is 9.38 Å². The van der Waals surface area contributed by atoms with Gasteiger partial charge in [-0.1, -0.05) is 6.07 Å². The molecule has 124 valence electrons. The molecule has 1 aromatic carbocycles. The topological polar surface area (TPSA) is 60.2 Å². The minimum absolute atomic E-state index is 0.246. The second-order valence-corrected chi connectivity index (χ2v) is 7.55. The summed E-state index contributed by atoms with van der Waals surface area (Å²) in [7, 11) is 0. The molecule has 0 saturated carbocycles. The molecule has 1 unspecified atom stereocenters. The van der Waals surface area contributed by atoms with Gasteiger partial charge < -0.3 is 10.6 Å². The van der Waals surface area contributed by atoms with Crippen LogP contribution in [0.3, 0.4) is 0 Å². The van der Waals surface area contributed by atoms with Crippen molar-refractivity contribution < 1.29 is 4.39 Å². The third kappa shape index (κ3) is 5.14. The van der Waals surface area contributed by atoms with Crippen LogP contribution in [0.1, 0.15) is 37.8 Å². The van der Waals surface area contributed by atoms with Gasteiger partial charge in [0.05, 0.1) is 18.2 Å². The van der Waals surface area contributed by atoms with Crippen molar-refractivity contribution in [2.24, 2.45) is 4.99 Å². The van der Waals surface area contributed by atoms with Gasteiger partial charge in [0, 0.05) is 23.4 Å². The largest absolute Gasteiger partial charge is 0.357 e. The molecule has 6 heteroatoms. The minimum atomic E-state index is -0.387. The number of aliphatic imine (C=N–C) groups is 1. The normalized spacial score (nSPS) is 21.0. The average molecular weight is 334 g/mol. The number of hydrogen-bond acceptors (Lipinski definition) is 3. The molecule has 1 aliphatic heterocycles. The van der Waals surface area contributed by atoms with Crippen molar-refractivity contribution in [3.8, 4) is 6.07 Å². The summed E-state index contributed by atoms with van der Waals surface area (Å²) in [5.74, 6) is 1.52. The highest BCUT2D eigenvalue weighted by Crippen LogP contribution is 2.36. The summed E-state index contributed by atoms with van der Waals surface area (Å²) >= 11 is 1.99. The Morgan fingerprint density at radius 2 is 2.30 bits per heavy atom. The van der Waals surface area contributed by atoms with Crippen LogP contribution in [0.15, 0.2) is 23.2 Å². The fourth-order valence-electron chi connectivity index (χ4n) is 2.50. The van der Waals surface area contributed by atoms with E-state index in [9.17, 15) is 4.39 Å². The number of thioether (sulfide) groups is 1. The second kappa shape index (κ2) is 8.21. The van der Waals surface area contributed by atoms with Gasteiger partial charge >= 0.3 is 0 Å². The smallest absolute Gasteiger partial charge is 0.191 e. The van der Waals surface area contributed by atoms with Crippen LogP contribution in [0.2, 0.25) is 0 Å². The zero-order chi connectivity index (χ0) is 16.7. The number of nitrogens with one attached hydrogen (secondary N) is 2. The van der Waals surface area contributed by atoms with Gasteiger partial charge in [0.1, 0.15) is 5.82 Å². The molecule has 1 fully saturated rings. The number of halogens is 1. The van der Waals surface area contributed by atoms with E-state index in [1.807, 2.05) is 24.8 Å². The first kappa shape index (κ1) is 17.6. The average Bonchev–Trinajstić information content (AvgIpc) is 2.98. The summed E-state index contributed by atoms with van der Waals surface area (Å²) in [4.78, 5) is 4.45. The Kier molecular flexibility index (Phi) is 6.28. The molecule has 23 heavy (non-hydrogen) atoms. The molecule has 1 aromatic rings. The Morgan fingerprint density at radius 1 is 1.48 bits per heavy atom. The molecule has 1 heterocycles. The maximum absolute atomic E-state index is 13.9. The molecule has 1 saturated heterocycles. The summed E-state index contributed by atoms with van der Waals surface area (Å²) in [6, 6.07) is 6.42. The van der Waals surface area contributed by atoms with Crippen LogP contribution >= 0.6 is 11.8 Å². The van der Waals surface area contributed by atoms with Crippen molar-refractivity contribution in [3.05, 3.63) is 35.1 Å². The Balaban J connectivity index is 1.99. The van der Waals surface area contributed by atoms with Crippen molar-refractivity contribution in [3.63, 3.8) is 0 Å². The number of benzene rings is 1. The van der Waals surface area contributed by atoms with Gasteiger partial charge in [-0.05, 0) is 44.6 Å². The fourth-order valence-corrected chi connectivity index (χ4v) is 3.74. The van der Waals surface area contributed by atoms with Crippen LogP contribution in [0, 0.1) is 17.1 Å². The zero-order valence-electron chi connectivity index (χ0n) is 13.7. The number of rotatable bonds is 5. The Labute approximate surface area is 141 Å². The molecule has 0 spiro atoms. The van der Waals surface area contributed by atoms with E-state index in [1.165, 1.54) is 24.7 Å². The first-order chi connectivity index (χ1) is 11.1. The van der Waals surface area contributed by atoms with Crippen LogP contribution in [0.25, 0.3) is 0 Å². The lowest BCUT2D eigenvalue weighted by atomic mass is 10.1. The third-order valence-electron chi connectivity index (χ3n) is 3.86. The number of hydrogen-bond donors (Lipinski definition) is 2. The Morgan fingerprint density at radius 3 is 2.91 bits per heavy atom. The highest BCUT2D eigenvalue weighted by molar-refractivity contribution is 8.00. The molecule has 0 radical (unpaired) electrons. The molecule has 0 amide bonds. The quantitative estimate of drug-likeness (QED) is 0.642. The summed E-state index contributed by atoms with van der Waals surface area (Å²) < 4.78 is 14.1. The van der Waals surface area contributed by atoms with E-state index in [-0.39, 0.29) is 17.1 Å². The summed E-state index contributed by atoms with van der Waals surface area (Å²) in [5, 5.41) is 15.3. The first-order valence-corrected chi connectivity index (χ1v) is 8.89. The van der Waals surface area contributed by atoms with Gasteiger partial charge in [-0.3, -0.25) is 0 Å². The van der Waals surface area contributed by atoms with E-state index in [1.54, 1.807) is 12.1 Å². The summed E-state index contributed by atoms with van der Waals surface area (Å²) in [6.07, 6.45) is 2.46. The maximum Gasteiger partial charge on any atom is 0.191 e. The Bertz CT molecular complexity index is 603. The van der Waals surface area contributed by atoms with E-state index >= 15 is 0 Å². The molecular formula is C17H23FN4S. The molecule has 2 N–H and O–H groups in total.